The molecule has 0 unspecified atom stereocenters. The van der Waals surface area contributed by atoms with Crippen LogP contribution < -0.4 is 11.1 Å². The normalized spacial score (nSPS) is 14.0. The number of amidine groups is 1. The van der Waals surface area contributed by atoms with E-state index in [4.69, 9.17) is 5.73 Å². The summed E-state index contributed by atoms with van der Waals surface area (Å²) >= 11 is 0. The minimum atomic E-state index is -0.579. The van der Waals surface area contributed by atoms with Gasteiger partial charge in [0.05, 0.1) is 6.54 Å². The van der Waals surface area contributed by atoms with Crippen molar-refractivity contribution in [1.29, 1.82) is 0 Å². The van der Waals surface area contributed by atoms with Crippen molar-refractivity contribution in [2.45, 2.75) is 6.54 Å². The highest BCUT2D eigenvalue weighted by Crippen LogP contribution is 2.15. The number of aliphatic imine (C=N–C) groups is 1. The van der Waals surface area contributed by atoms with Gasteiger partial charge in [-0.2, -0.15) is 0 Å². The minimum Gasteiger partial charge on any atom is -0.363 e. The van der Waals surface area contributed by atoms with Crippen LogP contribution in [0.4, 0.5) is 5.82 Å². The summed E-state index contributed by atoms with van der Waals surface area (Å²) in [4.78, 5) is 22.4. The number of fused-ring (bicyclic) bond motifs is 1. The van der Waals surface area contributed by atoms with Gasteiger partial charge in [-0.15, -0.1) is 0 Å². The number of primary amides is 1. The maximum atomic E-state index is 10.7. The van der Waals surface area contributed by atoms with Gasteiger partial charge in [-0.1, -0.05) is 0 Å². The van der Waals surface area contributed by atoms with Crippen molar-refractivity contribution >= 4 is 17.6 Å². The van der Waals surface area contributed by atoms with Crippen LogP contribution in [-0.4, -0.2) is 21.7 Å². The summed E-state index contributed by atoms with van der Waals surface area (Å²) in [6.45, 7) is 0.390. The zero-order chi connectivity index (χ0) is 9.26. The average molecular weight is 177 g/mol. The van der Waals surface area contributed by atoms with E-state index in [1.165, 1.54) is 6.33 Å². The van der Waals surface area contributed by atoms with Crippen LogP contribution in [-0.2, 0) is 11.3 Å². The Morgan fingerprint density at radius 2 is 2.46 bits per heavy atom. The van der Waals surface area contributed by atoms with E-state index in [2.05, 4.69) is 20.3 Å². The van der Waals surface area contributed by atoms with Crippen molar-refractivity contribution < 1.29 is 4.79 Å². The first kappa shape index (κ1) is 7.66. The van der Waals surface area contributed by atoms with Gasteiger partial charge in [0.1, 0.15) is 12.1 Å². The summed E-state index contributed by atoms with van der Waals surface area (Å²) in [6, 6.07) is 0. The fraction of sp³-hybridized carbons (Fsp3) is 0.143. The zero-order valence-corrected chi connectivity index (χ0v) is 6.69. The van der Waals surface area contributed by atoms with Gasteiger partial charge in [-0.25, -0.2) is 9.97 Å². The van der Waals surface area contributed by atoms with Crippen LogP contribution in [0, 0.1) is 0 Å². The molecule has 13 heavy (non-hydrogen) atoms. The van der Waals surface area contributed by atoms with Gasteiger partial charge in [0.25, 0.3) is 5.91 Å². The van der Waals surface area contributed by atoms with Crippen LogP contribution in [0.3, 0.4) is 0 Å². The number of nitrogens with zero attached hydrogens (tertiary/aromatic N) is 3. The van der Waals surface area contributed by atoms with Crippen LogP contribution in [0.5, 0.6) is 0 Å². The van der Waals surface area contributed by atoms with Crippen molar-refractivity contribution in [2.75, 3.05) is 5.32 Å². The lowest BCUT2D eigenvalue weighted by Gasteiger charge is -2.13. The Hall–Kier alpha value is -1.98. The van der Waals surface area contributed by atoms with Gasteiger partial charge in [-0.05, 0) is 0 Å². The molecule has 1 aliphatic heterocycles. The maximum absolute atomic E-state index is 10.7. The second-order valence-corrected chi connectivity index (χ2v) is 2.55. The Labute approximate surface area is 73.9 Å². The van der Waals surface area contributed by atoms with E-state index in [1.807, 2.05) is 0 Å². The molecule has 3 N–H and O–H groups in total. The molecule has 2 rings (SSSR count). The van der Waals surface area contributed by atoms with E-state index in [-0.39, 0.29) is 5.84 Å². The number of carbonyl (C=O) groups is 1. The molecule has 0 aliphatic carbocycles. The fourth-order valence-electron chi connectivity index (χ4n) is 1.04. The lowest BCUT2D eigenvalue weighted by Crippen LogP contribution is -2.32. The molecule has 0 spiro atoms. The van der Waals surface area contributed by atoms with E-state index < -0.39 is 5.91 Å². The van der Waals surface area contributed by atoms with E-state index in [0.29, 0.717) is 12.4 Å². The van der Waals surface area contributed by atoms with Crippen molar-refractivity contribution in [3.8, 4) is 0 Å². The number of hydrogen-bond donors (Lipinski definition) is 2. The third kappa shape index (κ3) is 1.33. The van der Waals surface area contributed by atoms with E-state index >= 15 is 0 Å². The lowest BCUT2D eigenvalue weighted by atomic mass is 10.2. The minimum absolute atomic E-state index is 0.145. The molecule has 6 nitrogen and oxygen atoms in total. The fourth-order valence-corrected chi connectivity index (χ4v) is 1.04. The first-order valence-corrected chi connectivity index (χ1v) is 3.67. The van der Waals surface area contributed by atoms with Gasteiger partial charge in [-0.3, -0.25) is 9.79 Å². The van der Waals surface area contributed by atoms with E-state index in [1.54, 1.807) is 6.20 Å². The number of rotatable bonds is 1. The number of nitrogens with one attached hydrogen (secondary N) is 1. The molecular weight excluding hydrogens is 170 g/mol. The van der Waals surface area contributed by atoms with Crippen LogP contribution in [0.15, 0.2) is 17.5 Å². The topological polar surface area (TPSA) is 93.3 Å². The number of aromatic nitrogens is 2. The second-order valence-electron chi connectivity index (χ2n) is 2.55. The van der Waals surface area contributed by atoms with Crippen LogP contribution >= 0.6 is 0 Å². The summed E-state index contributed by atoms with van der Waals surface area (Å²) in [5.41, 5.74) is 5.90. The van der Waals surface area contributed by atoms with Crippen LogP contribution in [0.2, 0.25) is 0 Å². The molecule has 2 heterocycles. The highest BCUT2D eigenvalue weighted by Gasteiger charge is 2.15. The molecule has 0 aromatic carbocycles. The highest BCUT2D eigenvalue weighted by molar-refractivity contribution is 6.42. The summed E-state index contributed by atoms with van der Waals surface area (Å²) in [6.07, 6.45) is 3.05. The summed E-state index contributed by atoms with van der Waals surface area (Å²) in [5.74, 6) is 0.161. The van der Waals surface area contributed by atoms with Gasteiger partial charge < -0.3 is 11.1 Å². The Morgan fingerprint density at radius 1 is 1.62 bits per heavy atom. The van der Waals surface area contributed by atoms with Gasteiger partial charge in [0.2, 0.25) is 0 Å². The summed E-state index contributed by atoms with van der Waals surface area (Å²) in [7, 11) is 0. The number of carbonyl (C=O) groups excluding carboxylic acids is 1. The lowest BCUT2D eigenvalue weighted by molar-refractivity contribution is -0.112. The first-order chi connectivity index (χ1) is 6.27. The van der Waals surface area contributed by atoms with Crippen LogP contribution in [0.25, 0.3) is 0 Å². The Morgan fingerprint density at radius 3 is 3.23 bits per heavy atom. The van der Waals surface area contributed by atoms with Gasteiger partial charge >= 0.3 is 0 Å². The zero-order valence-electron chi connectivity index (χ0n) is 6.69. The molecule has 1 aromatic heterocycles. The van der Waals surface area contributed by atoms with Gasteiger partial charge in [0.15, 0.2) is 5.84 Å². The molecule has 0 saturated heterocycles. The van der Waals surface area contributed by atoms with Crippen molar-refractivity contribution in [3.05, 3.63) is 18.1 Å². The number of hydrogen-bond acceptors (Lipinski definition) is 5. The number of anilines is 1. The average Bonchev–Trinajstić information content (AvgIpc) is 2.17. The molecule has 0 fully saturated rings. The molecule has 6 heteroatoms. The molecule has 66 valence electrons. The van der Waals surface area contributed by atoms with Crippen molar-refractivity contribution in [3.63, 3.8) is 0 Å². The van der Waals surface area contributed by atoms with Crippen molar-refractivity contribution in [1.82, 2.24) is 9.97 Å². The van der Waals surface area contributed by atoms with E-state index in [0.717, 1.165) is 5.56 Å². The molecule has 0 saturated carbocycles. The van der Waals surface area contributed by atoms with E-state index in [9.17, 15) is 4.79 Å². The molecule has 0 bridgehead atoms. The predicted molar refractivity (Wildman–Crippen MR) is 46.0 cm³/mol. The highest BCUT2D eigenvalue weighted by atomic mass is 16.1. The maximum Gasteiger partial charge on any atom is 0.284 e. The standard InChI is InChI=1S/C7H7N5O/c8-5(13)7-10-2-4-1-9-3-11-6(4)12-7/h1,3H,2H2,(H2,8,13)(H,9,10,11,12). The SMILES string of the molecule is NC(=O)C1=NCc2cncnc2N1. The molecule has 1 aromatic rings. The molecular formula is C7H7N5O. The molecule has 0 atom stereocenters. The molecule has 1 aliphatic rings. The smallest absolute Gasteiger partial charge is 0.284 e. The third-order valence-electron chi connectivity index (χ3n) is 1.67. The Balaban J connectivity index is 2.33. The summed E-state index contributed by atoms with van der Waals surface area (Å²) in [5, 5.41) is 2.72. The quantitative estimate of drug-likeness (QED) is 0.592. The second kappa shape index (κ2) is 2.81. The molecule has 1 amide bonds. The third-order valence-corrected chi connectivity index (χ3v) is 1.67. The summed E-state index contributed by atoms with van der Waals surface area (Å²) < 4.78 is 0. The van der Waals surface area contributed by atoms with Crippen LogP contribution in [0.1, 0.15) is 5.56 Å². The van der Waals surface area contributed by atoms with Crippen molar-refractivity contribution in [2.24, 2.45) is 10.7 Å². The predicted octanol–water partition coefficient (Wildman–Crippen LogP) is -0.714. The first-order valence-electron chi connectivity index (χ1n) is 3.67. The largest absolute Gasteiger partial charge is 0.363 e. The number of amides is 1. The Kier molecular flexibility index (Phi) is 1.66. The monoisotopic (exact) mass is 177 g/mol. The van der Waals surface area contributed by atoms with Gasteiger partial charge in [0, 0.05) is 11.8 Å². The Bertz CT molecular complexity index is 386. The molecule has 0 radical (unpaired) electrons. The number of nitrogens with two attached hydrogens (primary N) is 1.